The molecule has 5 nitrogen and oxygen atoms in total. The number of rotatable bonds is 2. The minimum absolute atomic E-state index is 0.682. The van der Waals surface area contributed by atoms with E-state index in [1.165, 1.54) is 12.8 Å². The summed E-state index contributed by atoms with van der Waals surface area (Å²) in [6, 6.07) is 1.96. The van der Waals surface area contributed by atoms with Crippen LogP contribution in [0.4, 0.5) is 5.82 Å². The van der Waals surface area contributed by atoms with Crippen LogP contribution in [0.15, 0.2) is 31.0 Å². The highest BCUT2D eigenvalue weighted by atomic mass is 15.2. The number of aromatic nitrogens is 4. The van der Waals surface area contributed by atoms with Crippen molar-refractivity contribution in [2.75, 3.05) is 18.0 Å². The van der Waals surface area contributed by atoms with Crippen molar-refractivity contribution in [3.05, 3.63) is 31.0 Å². The summed E-state index contributed by atoms with van der Waals surface area (Å²) in [7, 11) is 0. The molecule has 3 heterocycles. The second-order valence-electron chi connectivity index (χ2n) is 3.88. The maximum atomic E-state index is 4.54. The molecule has 0 atom stereocenters. The Bertz CT molecular complexity index is 459. The van der Waals surface area contributed by atoms with Gasteiger partial charge >= 0.3 is 0 Å². The summed E-state index contributed by atoms with van der Waals surface area (Å²) in [4.78, 5) is 15.1. The van der Waals surface area contributed by atoms with Crippen molar-refractivity contribution in [1.29, 1.82) is 0 Å². The molecule has 82 valence electrons. The molecule has 0 unspecified atom stereocenters. The van der Waals surface area contributed by atoms with Crippen LogP contribution in [0.1, 0.15) is 12.8 Å². The molecule has 1 saturated heterocycles. The molecule has 1 aliphatic rings. The Hall–Kier alpha value is -1.91. The normalized spacial score (nSPS) is 15.6. The summed E-state index contributed by atoms with van der Waals surface area (Å²) >= 11 is 0. The molecule has 0 amide bonds. The first-order valence-corrected chi connectivity index (χ1v) is 5.50. The van der Waals surface area contributed by atoms with E-state index < -0.39 is 0 Å². The van der Waals surface area contributed by atoms with Gasteiger partial charge in [0.15, 0.2) is 0 Å². The van der Waals surface area contributed by atoms with Crippen LogP contribution in [-0.2, 0) is 0 Å². The van der Waals surface area contributed by atoms with Crippen molar-refractivity contribution in [3.63, 3.8) is 0 Å². The average Bonchev–Trinajstić information content (AvgIpc) is 3.03. The van der Waals surface area contributed by atoms with Crippen molar-refractivity contribution in [2.24, 2.45) is 0 Å². The molecule has 0 spiro atoms. The second-order valence-corrected chi connectivity index (χ2v) is 3.88. The zero-order valence-electron chi connectivity index (χ0n) is 8.95. The van der Waals surface area contributed by atoms with E-state index in [1.807, 2.05) is 16.8 Å². The molecule has 0 bridgehead atoms. The second kappa shape index (κ2) is 3.92. The summed E-state index contributed by atoms with van der Waals surface area (Å²) in [5, 5.41) is 0. The molecule has 0 aromatic carbocycles. The van der Waals surface area contributed by atoms with Gasteiger partial charge in [-0.15, -0.1) is 0 Å². The van der Waals surface area contributed by atoms with Gasteiger partial charge in [-0.05, 0) is 18.9 Å². The van der Waals surface area contributed by atoms with E-state index in [9.17, 15) is 0 Å². The highest BCUT2D eigenvalue weighted by Gasteiger charge is 2.14. The SMILES string of the molecule is c1cn(-c2nccc(N3CCCC3)n2)cn1. The minimum atomic E-state index is 0.682. The number of hydrogen-bond acceptors (Lipinski definition) is 4. The molecule has 3 rings (SSSR count). The quantitative estimate of drug-likeness (QED) is 0.756. The highest BCUT2D eigenvalue weighted by Crippen LogP contribution is 2.17. The van der Waals surface area contributed by atoms with Gasteiger partial charge in [0.05, 0.1) is 0 Å². The Labute approximate surface area is 93.8 Å². The van der Waals surface area contributed by atoms with Crippen molar-refractivity contribution in [3.8, 4) is 5.95 Å². The standard InChI is InChI=1S/C11H13N5/c1-2-7-15(6-1)10-3-4-13-11(14-10)16-8-5-12-9-16/h3-5,8-9H,1-2,6-7H2. The molecule has 1 fully saturated rings. The van der Waals surface area contributed by atoms with Crippen molar-refractivity contribution < 1.29 is 0 Å². The van der Waals surface area contributed by atoms with Crippen LogP contribution in [0.2, 0.25) is 0 Å². The van der Waals surface area contributed by atoms with Gasteiger partial charge in [-0.25, -0.2) is 9.97 Å². The number of imidazole rings is 1. The van der Waals surface area contributed by atoms with Crippen LogP contribution in [0.25, 0.3) is 5.95 Å². The lowest BCUT2D eigenvalue weighted by Crippen LogP contribution is -2.19. The third-order valence-electron chi connectivity index (χ3n) is 2.79. The third-order valence-corrected chi connectivity index (χ3v) is 2.79. The zero-order valence-corrected chi connectivity index (χ0v) is 8.95. The lowest BCUT2D eigenvalue weighted by molar-refractivity contribution is 0.878. The predicted molar refractivity (Wildman–Crippen MR) is 60.6 cm³/mol. The van der Waals surface area contributed by atoms with Gasteiger partial charge in [-0.1, -0.05) is 0 Å². The van der Waals surface area contributed by atoms with Crippen LogP contribution in [0.3, 0.4) is 0 Å². The summed E-state index contributed by atoms with van der Waals surface area (Å²) in [5.41, 5.74) is 0. The first-order valence-electron chi connectivity index (χ1n) is 5.50. The fourth-order valence-electron chi connectivity index (χ4n) is 1.96. The molecular weight excluding hydrogens is 202 g/mol. The monoisotopic (exact) mass is 215 g/mol. The summed E-state index contributed by atoms with van der Waals surface area (Å²) in [5.74, 6) is 1.69. The number of hydrogen-bond donors (Lipinski definition) is 0. The van der Waals surface area contributed by atoms with E-state index in [-0.39, 0.29) is 0 Å². The van der Waals surface area contributed by atoms with E-state index >= 15 is 0 Å². The number of nitrogens with zero attached hydrogens (tertiary/aromatic N) is 5. The van der Waals surface area contributed by atoms with E-state index in [0.29, 0.717) is 5.95 Å². The summed E-state index contributed by atoms with van der Waals surface area (Å²) in [6.45, 7) is 2.20. The molecule has 0 aliphatic carbocycles. The Balaban J connectivity index is 1.93. The lowest BCUT2D eigenvalue weighted by atomic mass is 10.4. The predicted octanol–water partition coefficient (Wildman–Crippen LogP) is 1.26. The molecule has 0 N–H and O–H groups in total. The third kappa shape index (κ3) is 1.64. The molecule has 2 aromatic rings. The Morgan fingerprint density at radius 3 is 2.75 bits per heavy atom. The fraction of sp³-hybridized carbons (Fsp3) is 0.364. The minimum Gasteiger partial charge on any atom is -0.356 e. The number of anilines is 1. The van der Waals surface area contributed by atoms with Gasteiger partial charge in [-0.3, -0.25) is 4.57 Å². The van der Waals surface area contributed by atoms with Crippen LogP contribution >= 0.6 is 0 Å². The molecular formula is C11H13N5. The van der Waals surface area contributed by atoms with Gasteiger partial charge in [0, 0.05) is 31.7 Å². The Kier molecular flexibility index (Phi) is 2.29. The van der Waals surface area contributed by atoms with Gasteiger partial charge < -0.3 is 4.90 Å². The Morgan fingerprint density at radius 1 is 1.12 bits per heavy atom. The van der Waals surface area contributed by atoms with Gasteiger partial charge in [-0.2, -0.15) is 4.98 Å². The Morgan fingerprint density at radius 2 is 2.00 bits per heavy atom. The van der Waals surface area contributed by atoms with Crippen LogP contribution in [-0.4, -0.2) is 32.6 Å². The zero-order chi connectivity index (χ0) is 10.8. The van der Waals surface area contributed by atoms with E-state index in [1.54, 1.807) is 18.7 Å². The van der Waals surface area contributed by atoms with E-state index in [0.717, 1.165) is 18.9 Å². The molecule has 1 aliphatic heterocycles. The van der Waals surface area contributed by atoms with E-state index in [2.05, 4.69) is 19.9 Å². The maximum Gasteiger partial charge on any atom is 0.236 e. The van der Waals surface area contributed by atoms with Crippen LogP contribution < -0.4 is 4.90 Å². The van der Waals surface area contributed by atoms with Crippen molar-refractivity contribution in [1.82, 2.24) is 19.5 Å². The van der Waals surface area contributed by atoms with Crippen molar-refractivity contribution >= 4 is 5.82 Å². The van der Waals surface area contributed by atoms with Crippen molar-refractivity contribution in [2.45, 2.75) is 12.8 Å². The summed E-state index contributed by atoms with van der Waals surface area (Å²) < 4.78 is 1.82. The lowest BCUT2D eigenvalue weighted by Gasteiger charge is -2.16. The average molecular weight is 215 g/mol. The smallest absolute Gasteiger partial charge is 0.236 e. The topological polar surface area (TPSA) is 46.8 Å². The maximum absolute atomic E-state index is 4.54. The van der Waals surface area contributed by atoms with E-state index in [4.69, 9.17) is 0 Å². The molecule has 2 aromatic heterocycles. The largest absolute Gasteiger partial charge is 0.356 e. The molecule has 16 heavy (non-hydrogen) atoms. The van der Waals surface area contributed by atoms with Crippen LogP contribution in [0.5, 0.6) is 0 Å². The van der Waals surface area contributed by atoms with Crippen LogP contribution in [0, 0.1) is 0 Å². The molecule has 5 heteroatoms. The fourth-order valence-corrected chi connectivity index (χ4v) is 1.96. The molecule has 0 saturated carbocycles. The van der Waals surface area contributed by atoms with Gasteiger partial charge in [0.25, 0.3) is 0 Å². The summed E-state index contributed by atoms with van der Waals surface area (Å²) in [6.07, 6.45) is 9.60. The first kappa shape index (κ1) is 9.33. The highest BCUT2D eigenvalue weighted by molar-refractivity contribution is 5.40. The molecule has 0 radical (unpaired) electrons. The first-order chi connectivity index (χ1) is 7.93. The van der Waals surface area contributed by atoms with Gasteiger partial charge in [0.2, 0.25) is 5.95 Å². The van der Waals surface area contributed by atoms with Gasteiger partial charge in [0.1, 0.15) is 12.1 Å².